The van der Waals surface area contributed by atoms with Crippen LogP contribution in [0.5, 0.6) is 0 Å². The third kappa shape index (κ3) is 3.01. The average molecular weight is 233 g/mol. The van der Waals surface area contributed by atoms with Crippen molar-refractivity contribution in [3.05, 3.63) is 97.9 Å². The quantitative estimate of drug-likeness (QED) is 0.666. The zero-order valence-electron chi connectivity index (χ0n) is 10.7. The van der Waals surface area contributed by atoms with Gasteiger partial charge in [0.15, 0.2) is 0 Å². The Kier molecular flexibility index (Phi) is 4.19. The van der Waals surface area contributed by atoms with E-state index in [-0.39, 0.29) is 0 Å². The molecule has 1 aromatic rings. The van der Waals surface area contributed by atoms with Crippen LogP contribution in [0.3, 0.4) is 0 Å². The smallest absolute Gasteiger partial charge is 0.00563 e. The topological polar surface area (TPSA) is 0 Å². The Morgan fingerprint density at radius 2 is 1.61 bits per heavy atom. The van der Waals surface area contributed by atoms with E-state index in [1.807, 2.05) is 38.0 Å². The van der Waals surface area contributed by atoms with Gasteiger partial charge in [-0.15, -0.1) is 0 Å². The Labute approximate surface area is 111 Å². The van der Waals surface area contributed by atoms with Crippen LogP contribution in [-0.2, 0) is 0 Å². The summed E-state index contributed by atoms with van der Waals surface area (Å²) in [6, 6.07) is 10.2. The normalized spacial score (nSPS) is 16.8. The van der Waals surface area contributed by atoms with Crippen LogP contribution < -0.4 is 0 Å². The first-order valence-electron chi connectivity index (χ1n) is 6.02. The van der Waals surface area contributed by atoms with E-state index < -0.39 is 0 Å². The van der Waals surface area contributed by atoms with Crippen LogP contribution in [0.1, 0.15) is 12.5 Å². The lowest BCUT2D eigenvalue weighted by molar-refractivity contribution is 1.33. The molecule has 0 nitrogen and oxygen atoms in total. The van der Waals surface area contributed by atoms with Crippen molar-refractivity contribution in [2.24, 2.45) is 0 Å². The lowest BCUT2D eigenvalue weighted by atomic mass is 9.91. The van der Waals surface area contributed by atoms with E-state index in [1.54, 1.807) is 0 Å². The number of hydrogen-bond acceptors (Lipinski definition) is 0. The van der Waals surface area contributed by atoms with Gasteiger partial charge in [-0.1, -0.05) is 55.1 Å². The van der Waals surface area contributed by atoms with Crippen molar-refractivity contribution in [2.75, 3.05) is 0 Å². The van der Waals surface area contributed by atoms with Gasteiger partial charge in [0.05, 0.1) is 0 Å². The summed E-state index contributed by atoms with van der Waals surface area (Å²) in [5.74, 6) is 1.19. The molecule has 5 radical (unpaired) electrons. The van der Waals surface area contributed by atoms with Gasteiger partial charge in [0.2, 0.25) is 0 Å². The zero-order chi connectivity index (χ0) is 13.0. The first kappa shape index (κ1) is 12.9. The van der Waals surface area contributed by atoms with Crippen LogP contribution >= 0.6 is 0 Å². The Morgan fingerprint density at radius 1 is 1.00 bits per heavy atom. The molecule has 0 aromatic heterocycles. The summed E-state index contributed by atoms with van der Waals surface area (Å²) >= 11 is 0. The molecule has 0 bridgehead atoms. The van der Waals surface area contributed by atoms with E-state index in [2.05, 4.69) is 44.2 Å². The van der Waals surface area contributed by atoms with E-state index in [0.29, 0.717) is 0 Å². The van der Waals surface area contributed by atoms with Crippen LogP contribution in [-0.4, -0.2) is 0 Å². The second-order valence-electron chi connectivity index (χ2n) is 4.40. The number of benzene rings is 1. The minimum atomic E-state index is 1.02. The molecule has 1 fully saturated rings. The van der Waals surface area contributed by atoms with Crippen molar-refractivity contribution >= 4 is 5.57 Å². The highest BCUT2D eigenvalue weighted by Gasteiger charge is 2.16. The highest BCUT2D eigenvalue weighted by Crippen LogP contribution is 2.32. The predicted molar refractivity (Wildman–Crippen MR) is 78.8 cm³/mol. The molecule has 0 atom stereocenters. The third-order valence-electron chi connectivity index (χ3n) is 2.91. The Balaban J connectivity index is 2.25. The number of hydrogen-bond donors (Lipinski definition) is 0. The molecule has 0 heteroatoms. The Bertz CT molecular complexity index is 456. The van der Waals surface area contributed by atoms with E-state index in [1.165, 1.54) is 5.92 Å². The summed E-state index contributed by atoms with van der Waals surface area (Å²) in [4.78, 5) is 0. The molecule has 0 spiro atoms. The van der Waals surface area contributed by atoms with Crippen molar-refractivity contribution in [1.82, 2.24) is 0 Å². The molecule has 0 N–H and O–H groups in total. The maximum absolute atomic E-state index is 4.20. The van der Waals surface area contributed by atoms with Gasteiger partial charge in [0, 0.05) is 5.92 Å². The molecule has 18 heavy (non-hydrogen) atoms. The van der Waals surface area contributed by atoms with Crippen molar-refractivity contribution < 1.29 is 0 Å². The summed E-state index contributed by atoms with van der Waals surface area (Å²) in [5, 5.41) is 0. The summed E-state index contributed by atoms with van der Waals surface area (Å²) in [6.45, 7) is 10.3. The first-order chi connectivity index (χ1) is 8.68. The maximum Gasteiger partial charge on any atom is 0.00563 e. The highest BCUT2D eigenvalue weighted by atomic mass is 14.2. The van der Waals surface area contributed by atoms with Crippen LogP contribution in [0.15, 0.2) is 60.7 Å². The van der Waals surface area contributed by atoms with Crippen molar-refractivity contribution in [2.45, 2.75) is 6.92 Å². The zero-order valence-corrected chi connectivity index (χ0v) is 10.7. The molecule has 1 aliphatic rings. The molecule has 0 heterocycles. The van der Waals surface area contributed by atoms with Crippen LogP contribution in [0.25, 0.3) is 5.57 Å². The molecule has 0 aliphatic heterocycles. The molecule has 1 saturated carbocycles. The van der Waals surface area contributed by atoms with Crippen molar-refractivity contribution in [3.8, 4) is 0 Å². The van der Waals surface area contributed by atoms with E-state index in [0.717, 1.165) is 22.3 Å². The van der Waals surface area contributed by atoms with Gasteiger partial charge in [-0.3, -0.25) is 0 Å². The van der Waals surface area contributed by atoms with Gasteiger partial charge in [-0.05, 0) is 49.3 Å². The molecule has 89 valence electrons. The largest absolute Gasteiger partial charge is 0.0955 e. The lowest BCUT2D eigenvalue weighted by Crippen LogP contribution is -1.95. The molecule has 2 rings (SSSR count). The molecule has 0 saturated heterocycles. The molecule has 1 aliphatic carbocycles. The van der Waals surface area contributed by atoms with Gasteiger partial charge >= 0.3 is 0 Å². The summed E-state index contributed by atoms with van der Waals surface area (Å²) < 4.78 is 0. The highest BCUT2D eigenvalue weighted by molar-refractivity contribution is 5.82. The Morgan fingerprint density at radius 3 is 2.17 bits per heavy atom. The van der Waals surface area contributed by atoms with Gasteiger partial charge in [0.1, 0.15) is 0 Å². The fourth-order valence-electron chi connectivity index (χ4n) is 1.91. The van der Waals surface area contributed by atoms with Gasteiger partial charge < -0.3 is 0 Å². The van der Waals surface area contributed by atoms with Crippen LogP contribution in [0, 0.1) is 31.6 Å². The summed E-state index contributed by atoms with van der Waals surface area (Å²) in [5.41, 5.74) is 4.29. The molecular formula is C18H17. The lowest BCUT2D eigenvalue weighted by Gasteiger charge is -2.13. The fourth-order valence-corrected chi connectivity index (χ4v) is 1.91. The predicted octanol–water partition coefficient (Wildman–Crippen LogP) is 4.61. The van der Waals surface area contributed by atoms with E-state index >= 15 is 0 Å². The second kappa shape index (κ2) is 5.86. The average Bonchev–Trinajstić information content (AvgIpc) is 2.89. The minimum absolute atomic E-state index is 1.02. The molecule has 1 aromatic carbocycles. The standard InChI is InChI=1S/C18H17/c1-14(2)18(13-16-9-7-8-10-16)15(3)17-11-5-4-6-12-17/h4-13H,1,3H2,2H3/b18-13+. The fraction of sp³-hybridized carbons (Fsp3) is 0.0556. The van der Waals surface area contributed by atoms with Gasteiger partial charge in [0.25, 0.3) is 0 Å². The van der Waals surface area contributed by atoms with Gasteiger partial charge in [-0.25, -0.2) is 0 Å². The van der Waals surface area contributed by atoms with Crippen molar-refractivity contribution in [3.63, 3.8) is 0 Å². The summed E-state index contributed by atoms with van der Waals surface area (Å²) in [6.07, 6.45) is 10.4. The number of allylic oxidation sites excluding steroid dienone is 4. The Hall–Kier alpha value is -1.56. The third-order valence-corrected chi connectivity index (χ3v) is 2.91. The first-order valence-corrected chi connectivity index (χ1v) is 6.02. The van der Waals surface area contributed by atoms with E-state index in [4.69, 9.17) is 0 Å². The summed E-state index contributed by atoms with van der Waals surface area (Å²) in [7, 11) is 0. The number of rotatable bonds is 4. The maximum atomic E-state index is 4.20. The van der Waals surface area contributed by atoms with E-state index in [9.17, 15) is 0 Å². The molecule has 0 unspecified atom stereocenters. The van der Waals surface area contributed by atoms with Crippen LogP contribution in [0.2, 0.25) is 0 Å². The monoisotopic (exact) mass is 233 g/mol. The molecular weight excluding hydrogens is 216 g/mol. The molecule has 0 amide bonds. The van der Waals surface area contributed by atoms with Crippen LogP contribution in [0.4, 0.5) is 0 Å². The minimum Gasteiger partial charge on any atom is -0.0955 e. The van der Waals surface area contributed by atoms with Crippen molar-refractivity contribution in [1.29, 1.82) is 0 Å². The second-order valence-corrected chi connectivity index (χ2v) is 4.40. The van der Waals surface area contributed by atoms with Gasteiger partial charge in [-0.2, -0.15) is 0 Å². The SMILES string of the molecule is C=C(C)/C(=C\[C]1[CH][CH][CH][CH]1)C(=C)c1ccccc1.